The minimum absolute atomic E-state index is 0.164. The Balaban J connectivity index is 1.14. The molecule has 1 saturated carbocycles. The summed E-state index contributed by atoms with van der Waals surface area (Å²) >= 11 is 2.84. The number of rotatable bonds is 10. The number of carbonyl (C=O) groups excluding carboxylic acids is 2. The number of pyridine rings is 2. The van der Waals surface area contributed by atoms with E-state index in [4.69, 9.17) is 0 Å². The molecule has 4 aromatic heterocycles. The topological polar surface area (TPSA) is 142 Å². The van der Waals surface area contributed by atoms with E-state index in [0.29, 0.717) is 21.7 Å². The van der Waals surface area contributed by atoms with Gasteiger partial charge >= 0.3 is 0 Å². The van der Waals surface area contributed by atoms with Crippen molar-refractivity contribution in [1.82, 2.24) is 30.4 Å². The molecule has 1 aliphatic rings. The fourth-order valence-electron chi connectivity index (χ4n) is 4.82. The molecule has 4 heterocycles. The zero-order valence-electron chi connectivity index (χ0n) is 24.1. The fourth-order valence-corrected chi connectivity index (χ4v) is 6.64. The first-order valence-corrected chi connectivity index (χ1v) is 15.4. The number of carbonyl (C=O) groups is 2. The average molecular weight is 607 g/mol. The first-order valence-electron chi connectivity index (χ1n) is 13.8. The Morgan fingerprint density at radius 1 is 0.738 bits per heavy atom. The van der Waals surface area contributed by atoms with Gasteiger partial charge < -0.3 is 20.4 Å². The van der Waals surface area contributed by atoms with E-state index in [1.165, 1.54) is 22.7 Å². The summed E-state index contributed by atoms with van der Waals surface area (Å²) in [5.41, 5.74) is 1.39. The number of hydrogen-bond donors (Lipinski definition) is 2. The maximum absolute atomic E-state index is 12.6. The van der Waals surface area contributed by atoms with Crippen LogP contribution in [0.15, 0.2) is 36.4 Å². The van der Waals surface area contributed by atoms with Gasteiger partial charge in [-0.05, 0) is 43.5 Å². The maximum Gasteiger partial charge on any atom is 0.232 e. The number of hydrogen-bond acceptors (Lipinski definition) is 12. The third kappa shape index (κ3) is 7.62. The van der Waals surface area contributed by atoms with Gasteiger partial charge in [0.1, 0.15) is 21.7 Å². The second-order valence-corrected chi connectivity index (χ2v) is 12.7. The van der Waals surface area contributed by atoms with Crippen LogP contribution >= 0.6 is 22.7 Å². The Kier molecular flexibility index (Phi) is 9.32. The molecule has 0 spiro atoms. The summed E-state index contributed by atoms with van der Waals surface area (Å²) in [5.74, 6) is 1.71. The molecular weight excluding hydrogens is 573 g/mol. The largest absolute Gasteiger partial charge is 0.363 e. The minimum atomic E-state index is -0.174. The molecule has 1 aliphatic carbocycles. The van der Waals surface area contributed by atoms with Gasteiger partial charge in [-0.15, -0.1) is 20.4 Å². The highest BCUT2D eigenvalue weighted by Gasteiger charge is 2.29. The van der Waals surface area contributed by atoms with Crippen molar-refractivity contribution in [1.29, 1.82) is 0 Å². The lowest BCUT2D eigenvalue weighted by Crippen LogP contribution is -2.16. The van der Waals surface area contributed by atoms with E-state index in [2.05, 4.69) is 41.0 Å². The average Bonchev–Trinajstić information content (AvgIpc) is 3.63. The second kappa shape index (κ2) is 13.3. The normalized spacial score (nSPS) is 16.6. The molecule has 0 aromatic carbocycles. The summed E-state index contributed by atoms with van der Waals surface area (Å²) in [7, 11) is 7.66. The van der Waals surface area contributed by atoms with E-state index in [1.807, 2.05) is 74.4 Å². The molecule has 220 valence electrons. The van der Waals surface area contributed by atoms with Crippen molar-refractivity contribution in [2.75, 3.05) is 48.6 Å². The standard InChI is InChI=1S/C28H34N10O2S2/c1-37(2)21-12-6-10-19(29-21)15-23(39)31-27-35-33-25(41-27)17-8-5-9-18(14-17)26-34-36-28(42-26)32-24(40)16-20-11-7-13-22(30-20)38(3)4/h6-7,10-13,17-18H,5,8-9,14-16H2,1-4H3,(H,31,35,39)(H,32,36,40)/t17-,18-/m1/s1. The van der Waals surface area contributed by atoms with Crippen molar-refractivity contribution in [2.24, 2.45) is 0 Å². The van der Waals surface area contributed by atoms with E-state index in [1.54, 1.807) is 0 Å². The van der Waals surface area contributed by atoms with Crippen LogP contribution in [-0.4, -0.2) is 70.4 Å². The highest BCUT2D eigenvalue weighted by atomic mass is 32.1. The van der Waals surface area contributed by atoms with Gasteiger partial charge in [0.05, 0.1) is 24.2 Å². The van der Waals surface area contributed by atoms with Gasteiger partial charge in [-0.2, -0.15) is 0 Å². The van der Waals surface area contributed by atoms with Crippen molar-refractivity contribution in [3.63, 3.8) is 0 Å². The third-order valence-corrected chi connectivity index (χ3v) is 8.93. The van der Waals surface area contributed by atoms with Crippen LogP contribution in [0.5, 0.6) is 0 Å². The molecule has 2 atom stereocenters. The van der Waals surface area contributed by atoms with Crippen LogP contribution in [-0.2, 0) is 22.4 Å². The second-order valence-electron chi connectivity index (χ2n) is 10.7. The number of amides is 2. The zero-order chi connectivity index (χ0) is 29.6. The Morgan fingerprint density at radius 2 is 1.19 bits per heavy atom. The molecule has 0 unspecified atom stereocenters. The summed E-state index contributed by atoms with van der Waals surface area (Å²) < 4.78 is 0. The SMILES string of the molecule is CN(C)c1cccc(CC(=O)Nc2nnc([C@@H]3CCC[C@@H](c4nnc(NC(=O)Cc5cccc(N(C)C)n5)s4)C3)s2)n1. The van der Waals surface area contributed by atoms with Crippen molar-refractivity contribution in [2.45, 2.75) is 50.4 Å². The van der Waals surface area contributed by atoms with Gasteiger partial charge in [0.15, 0.2) is 0 Å². The quantitative estimate of drug-likeness (QED) is 0.271. The van der Waals surface area contributed by atoms with Gasteiger partial charge in [-0.1, -0.05) is 41.2 Å². The van der Waals surface area contributed by atoms with Crippen LogP contribution in [0, 0.1) is 0 Å². The number of nitrogens with one attached hydrogen (secondary N) is 2. The van der Waals surface area contributed by atoms with Crippen LogP contribution < -0.4 is 20.4 Å². The predicted octanol–water partition coefficient (Wildman–Crippen LogP) is 4.12. The Hall–Kier alpha value is -4.04. The van der Waals surface area contributed by atoms with Crippen molar-refractivity contribution < 1.29 is 9.59 Å². The van der Waals surface area contributed by atoms with E-state index in [9.17, 15) is 9.59 Å². The summed E-state index contributed by atoms with van der Waals surface area (Å²) in [6.45, 7) is 0. The summed E-state index contributed by atoms with van der Waals surface area (Å²) in [6, 6.07) is 11.3. The van der Waals surface area contributed by atoms with Crippen molar-refractivity contribution >= 4 is 56.4 Å². The van der Waals surface area contributed by atoms with Gasteiger partial charge in [-0.25, -0.2) is 9.97 Å². The van der Waals surface area contributed by atoms with Crippen LogP contribution in [0.4, 0.5) is 21.9 Å². The Morgan fingerprint density at radius 3 is 1.62 bits per heavy atom. The molecular formula is C28H34N10O2S2. The predicted molar refractivity (Wildman–Crippen MR) is 166 cm³/mol. The van der Waals surface area contributed by atoms with E-state index in [-0.39, 0.29) is 36.5 Å². The molecule has 14 heteroatoms. The lowest BCUT2D eigenvalue weighted by molar-refractivity contribution is -0.116. The minimum Gasteiger partial charge on any atom is -0.363 e. The third-order valence-electron chi connectivity index (χ3n) is 6.93. The molecule has 0 aliphatic heterocycles. The molecule has 0 radical (unpaired) electrons. The molecule has 4 aromatic rings. The van der Waals surface area contributed by atoms with Crippen LogP contribution in [0.25, 0.3) is 0 Å². The summed E-state index contributed by atoms with van der Waals surface area (Å²) in [4.78, 5) is 38.1. The van der Waals surface area contributed by atoms with Crippen LogP contribution in [0.1, 0.15) is 58.9 Å². The first-order chi connectivity index (χ1) is 20.2. The number of nitrogens with zero attached hydrogens (tertiary/aromatic N) is 8. The van der Waals surface area contributed by atoms with Crippen molar-refractivity contribution in [3.8, 4) is 0 Å². The monoisotopic (exact) mass is 606 g/mol. The number of anilines is 4. The lowest BCUT2D eigenvalue weighted by atomic mass is 9.82. The van der Waals surface area contributed by atoms with Crippen LogP contribution in [0.3, 0.4) is 0 Å². The smallest absolute Gasteiger partial charge is 0.232 e. The van der Waals surface area contributed by atoms with Crippen LogP contribution in [0.2, 0.25) is 0 Å². The molecule has 5 rings (SSSR count). The van der Waals surface area contributed by atoms with Crippen molar-refractivity contribution in [3.05, 3.63) is 57.8 Å². The first kappa shape index (κ1) is 29.5. The summed E-state index contributed by atoms with van der Waals surface area (Å²) in [6.07, 6.45) is 4.23. The van der Waals surface area contributed by atoms with E-state index in [0.717, 1.165) is 47.3 Å². The molecule has 1 fully saturated rings. The number of aromatic nitrogens is 6. The lowest BCUT2D eigenvalue weighted by Gasteiger charge is -2.25. The molecule has 2 amide bonds. The molecule has 42 heavy (non-hydrogen) atoms. The van der Waals surface area contributed by atoms with Gasteiger partial charge in [0, 0.05) is 40.0 Å². The maximum atomic E-state index is 12.6. The highest BCUT2D eigenvalue weighted by molar-refractivity contribution is 7.15. The fraction of sp³-hybridized carbons (Fsp3) is 0.429. The zero-order valence-corrected chi connectivity index (χ0v) is 25.7. The van der Waals surface area contributed by atoms with Gasteiger partial charge in [0.25, 0.3) is 0 Å². The van der Waals surface area contributed by atoms with E-state index < -0.39 is 0 Å². The summed E-state index contributed by atoms with van der Waals surface area (Å²) in [5, 5.41) is 25.8. The Labute approximate surface area is 252 Å². The van der Waals surface area contributed by atoms with Gasteiger partial charge in [-0.3, -0.25) is 9.59 Å². The molecule has 2 N–H and O–H groups in total. The molecule has 0 saturated heterocycles. The molecule has 0 bridgehead atoms. The molecule has 12 nitrogen and oxygen atoms in total. The van der Waals surface area contributed by atoms with E-state index >= 15 is 0 Å². The van der Waals surface area contributed by atoms with Gasteiger partial charge in [0.2, 0.25) is 22.1 Å². The highest BCUT2D eigenvalue weighted by Crippen LogP contribution is 2.43. The Bertz CT molecular complexity index is 1420.